The maximum absolute atomic E-state index is 11.3. The number of likely N-dealkylation sites (tertiary alicyclic amines) is 1. The molecule has 1 unspecified atom stereocenters. The van der Waals surface area contributed by atoms with Crippen LogP contribution in [-0.2, 0) is 9.59 Å². The van der Waals surface area contributed by atoms with Crippen molar-refractivity contribution >= 4 is 11.8 Å². The van der Waals surface area contributed by atoms with Crippen molar-refractivity contribution < 1.29 is 14.7 Å². The number of carbonyl (C=O) groups is 2. The van der Waals surface area contributed by atoms with Gasteiger partial charge in [-0.1, -0.05) is 0 Å². The first-order valence-corrected chi connectivity index (χ1v) is 4.36. The zero-order valence-electron chi connectivity index (χ0n) is 7.40. The fraction of sp³-hybridized carbons (Fsp3) is 0.750. The molecule has 0 saturated carbocycles. The number of aliphatic hydroxyl groups excluding tert-OH is 1. The molecule has 1 aliphatic rings. The van der Waals surface area contributed by atoms with Gasteiger partial charge in [0.15, 0.2) is 0 Å². The van der Waals surface area contributed by atoms with Gasteiger partial charge in [0.05, 0.1) is 0 Å². The fourth-order valence-electron chi connectivity index (χ4n) is 1.36. The zero-order valence-corrected chi connectivity index (χ0v) is 7.40. The van der Waals surface area contributed by atoms with Gasteiger partial charge in [-0.05, 0) is 12.8 Å². The Morgan fingerprint density at radius 3 is 2.62 bits per heavy atom. The maximum atomic E-state index is 11.3. The van der Waals surface area contributed by atoms with Gasteiger partial charge in [0.2, 0.25) is 11.8 Å². The number of amides is 2. The van der Waals surface area contributed by atoms with E-state index in [0.29, 0.717) is 25.8 Å². The van der Waals surface area contributed by atoms with Crippen LogP contribution in [0, 0.1) is 0 Å². The Morgan fingerprint density at radius 1 is 1.54 bits per heavy atom. The summed E-state index contributed by atoms with van der Waals surface area (Å²) < 4.78 is 0. The van der Waals surface area contributed by atoms with Gasteiger partial charge < -0.3 is 15.7 Å². The molecule has 0 spiro atoms. The summed E-state index contributed by atoms with van der Waals surface area (Å²) in [6.07, 6.45) is 1.40. The van der Waals surface area contributed by atoms with Crippen molar-refractivity contribution in [1.82, 2.24) is 4.90 Å². The van der Waals surface area contributed by atoms with Crippen LogP contribution in [0.4, 0.5) is 0 Å². The molecule has 13 heavy (non-hydrogen) atoms. The van der Waals surface area contributed by atoms with E-state index in [-0.39, 0.29) is 12.5 Å². The van der Waals surface area contributed by atoms with Gasteiger partial charge >= 0.3 is 0 Å². The molecule has 0 aromatic heterocycles. The molecule has 0 radical (unpaired) electrons. The summed E-state index contributed by atoms with van der Waals surface area (Å²) in [5.41, 5.74) is 5.07. The second-order valence-corrected chi connectivity index (χ2v) is 3.12. The average molecular weight is 186 g/mol. The molecule has 0 aromatic rings. The van der Waals surface area contributed by atoms with E-state index in [1.807, 2.05) is 0 Å². The molecule has 5 nitrogen and oxygen atoms in total. The highest BCUT2D eigenvalue weighted by Crippen LogP contribution is 2.18. The van der Waals surface area contributed by atoms with E-state index in [4.69, 9.17) is 10.8 Å². The van der Waals surface area contributed by atoms with E-state index in [1.54, 1.807) is 0 Å². The predicted octanol–water partition coefficient (Wildman–Crippen LogP) is -1.15. The molecule has 74 valence electrons. The van der Waals surface area contributed by atoms with Gasteiger partial charge in [0, 0.05) is 19.6 Å². The van der Waals surface area contributed by atoms with E-state index >= 15 is 0 Å². The van der Waals surface area contributed by atoms with Crippen molar-refractivity contribution in [3.8, 4) is 0 Å². The number of primary amides is 1. The van der Waals surface area contributed by atoms with Crippen molar-refractivity contribution in [3.05, 3.63) is 0 Å². The number of hydrogen-bond acceptors (Lipinski definition) is 3. The Hall–Kier alpha value is -1.10. The van der Waals surface area contributed by atoms with E-state index in [2.05, 4.69) is 0 Å². The molecule has 0 aromatic carbocycles. The van der Waals surface area contributed by atoms with Crippen LogP contribution in [0.15, 0.2) is 0 Å². The minimum absolute atomic E-state index is 0.000812. The van der Waals surface area contributed by atoms with E-state index in [1.165, 1.54) is 4.90 Å². The van der Waals surface area contributed by atoms with Gasteiger partial charge in [-0.2, -0.15) is 0 Å². The first kappa shape index (κ1) is 9.98. The van der Waals surface area contributed by atoms with Crippen LogP contribution in [0.5, 0.6) is 0 Å². The zero-order chi connectivity index (χ0) is 9.84. The second-order valence-electron chi connectivity index (χ2n) is 3.12. The van der Waals surface area contributed by atoms with Crippen molar-refractivity contribution in [1.29, 1.82) is 0 Å². The highest BCUT2D eigenvalue weighted by atomic mass is 16.3. The summed E-state index contributed by atoms with van der Waals surface area (Å²) in [5.74, 6) is -0.535. The SMILES string of the molecule is NC(=O)C1CCN1C(=O)CCCO. The Kier molecular flexibility index (Phi) is 3.25. The molecule has 1 rings (SSSR count). The van der Waals surface area contributed by atoms with Crippen molar-refractivity contribution in [3.63, 3.8) is 0 Å². The molecular formula is C8H14N2O3. The van der Waals surface area contributed by atoms with Gasteiger partial charge in [-0.25, -0.2) is 0 Å². The first-order valence-electron chi connectivity index (χ1n) is 4.36. The predicted molar refractivity (Wildman–Crippen MR) is 45.6 cm³/mol. The van der Waals surface area contributed by atoms with E-state index in [9.17, 15) is 9.59 Å². The smallest absolute Gasteiger partial charge is 0.240 e. The van der Waals surface area contributed by atoms with Crippen molar-refractivity contribution in [2.75, 3.05) is 13.2 Å². The maximum Gasteiger partial charge on any atom is 0.240 e. The third kappa shape index (κ3) is 2.18. The summed E-state index contributed by atoms with van der Waals surface area (Å²) in [5, 5.41) is 8.50. The first-order chi connectivity index (χ1) is 6.16. The average Bonchev–Trinajstić information content (AvgIpc) is 1.97. The van der Waals surface area contributed by atoms with Crippen LogP contribution < -0.4 is 5.73 Å². The van der Waals surface area contributed by atoms with Gasteiger partial charge in [0.1, 0.15) is 6.04 Å². The number of aliphatic hydroxyl groups is 1. The van der Waals surface area contributed by atoms with E-state index < -0.39 is 11.9 Å². The fourth-order valence-corrected chi connectivity index (χ4v) is 1.36. The highest BCUT2D eigenvalue weighted by molar-refractivity contribution is 5.88. The highest BCUT2D eigenvalue weighted by Gasteiger charge is 2.35. The molecule has 1 heterocycles. The lowest BCUT2D eigenvalue weighted by molar-refractivity contribution is -0.146. The number of carbonyl (C=O) groups excluding carboxylic acids is 2. The molecule has 1 atom stereocenters. The summed E-state index contributed by atoms with van der Waals surface area (Å²) in [4.78, 5) is 23.5. The largest absolute Gasteiger partial charge is 0.396 e. The molecule has 5 heteroatoms. The minimum Gasteiger partial charge on any atom is -0.396 e. The van der Waals surface area contributed by atoms with Crippen LogP contribution in [-0.4, -0.2) is 41.0 Å². The van der Waals surface area contributed by atoms with Crippen LogP contribution in [0.2, 0.25) is 0 Å². The van der Waals surface area contributed by atoms with Gasteiger partial charge in [0.25, 0.3) is 0 Å². The number of nitrogens with two attached hydrogens (primary N) is 1. The minimum atomic E-state index is -0.441. The second kappa shape index (κ2) is 4.23. The monoisotopic (exact) mass is 186 g/mol. The molecule has 0 bridgehead atoms. The number of rotatable bonds is 4. The standard InChI is InChI=1S/C8H14N2O3/c9-8(13)6-3-4-10(6)7(12)2-1-5-11/h6,11H,1-5H2,(H2,9,13). The Morgan fingerprint density at radius 2 is 2.23 bits per heavy atom. The third-order valence-corrected chi connectivity index (χ3v) is 2.22. The molecular weight excluding hydrogens is 172 g/mol. The lowest BCUT2D eigenvalue weighted by Gasteiger charge is -2.38. The molecule has 1 saturated heterocycles. The number of hydrogen-bond donors (Lipinski definition) is 2. The summed E-state index contributed by atoms with van der Waals surface area (Å²) in [6.45, 7) is 0.610. The van der Waals surface area contributed by atoms with Crippen LogP contribution in [0.25, 0.3) is 0 Å². The molecule has 1 aliphatic heterocycles. The lowest BCUT2D eigenvalue weighted by Crippen LogP contribution is -2.57. The normalized spacial score (nSPS) is 21.0. The topological polar surface area (TPSA) is 83.6 Å². The Balaban J connectivity index is 2.35. The third-order valence-electron chi connectivity index (χ3n) is 2.22. The molecule has 0 aliphatic carbocycles. The Bertz CT molecular complexity index is 217. The molecule has 3 N–H and O–H groups in total. The van der Waals surface area contributed by atoms with E-state index in [0.717, 1.165) is 0 Å². The molecule has 1 fully saturated rings. The quantitative estimate of drug-likeness (QED) is 0.581. The van der Waals surface area contributed by atoms with Crippen molar-refractivity contribution in [2.24, 2.45) is 5.73 Å². The summed E-state index contributed by atoms with van der Waals surface area (Å²) in [6, 6.07) is -0.411. The van der Waals surface area contributed by atoms with Crippen molar-refractivity contribution in [2.45, 2.75) is 25.3 Å². The van der Waals surface area contributed by atoms with Crippen LogP contribution in [0.3, 0.4) is 0 Å². The van der Waals surface area contributed by atoms with Gasteiger partial charge in [-0.3, -0.25) is 9.59 Å². The Labute approximate surface area is 76.5 Å². The van der Waals surface area contributed by atoms with Crippen LogP contribution in [0.1, 0.15) is 19.3 Å². The summed E-state index contributed by atoms with van der Waals surface area (Å²) in [7, 11) is 0. The van der Waals surface area contributed by atoms with Gasteiger partial charge in [-0.15, -0.1) is 0 Å². The molecule has 2 amide bonds. The summed E-state index contributed by atoms with van der Waals surface area (Å²) >= 11 is 0. The number of nitrogens with zero attached hydrogens (tertiary/aromatic N) is 1. The van der Waals surface area contributed by atoms with Crippen LogP contribution >= 0.6 is 0 Å². The lowest BCUT2D eigenvalue weighted by atomic mass is 10.0.